The first kappa shape index (κ1) is 12.4. The molecule has 1 rings (SSSR count). The van der Waals surface area contributed by atoms with Gasteiger partial charge in [0, 0.05) is 18.8 Å². The maximum atomic E-state index is 11.7. The van der Waals surface area contributed by atoms with Crippen molar-refractivity contribution < 1.29 is 9.59 Å². The van der Waals surface area contributed by atoms with Crippen LogP contribution < -0.4 is 0 Å². The van der Waals surface area contributed by atoms with E-state index in [1.807, 2.05) is 6.92 Å². The van der Waals surface area contributed by atoms with Gasteiger partial charge in [-0.25, -0.2) is 0 Å². The van der Waals surface area contributed by atoms with Crippen LogP contribution in [0.4, 0.5) is 0 Å². The van der Waals surface area contributed by atoms with E-state index in [0.29, 0.717) is 24.5 Å². The molecule has 0 bridgehead atoms. The van der Waals surface area contributed by atoms with Crippen LogP contribution in [0.3, 0.4) is 0 Å². The van der Waals surface area contributed by atoms with Crippen molar-refractivity contribution in [2.75, 3.05) is 0 Å². The van der Waals surface area contributed by atoms with E-state index in [2.05, 4.69) is 13.8 Å². The normalized spacial score (nSPS) is 30.3. The van der Waals surface area contributed by atoms with Gasteiger partial charge in [0.15, 0.2) is 0 Å². The van der Waals surface area contributed by atoms with Crippen molar-refractivity contribution >= 4 is 11.6 Å². The Bertz CT molecular complexity index is 266. The van der Waals surface area contributed by atoms with Gasteiger partial charge in [-0.3, -0.25) is 4.79 Å². The number of carbonyl (C=O) groups is 2. The van der Waals surface area contributed by atoms with E-state index in [1.165, 1.54) is 0 Å². The Morgan fingerprint density at radius 2 is 2.07 bits per heavy atom. The molecule has 15 heavy (non-hydrogen) atoms. The molecule has 0 aromatic carbocycles. The van der Waals surface area contributed by atoms with Crippen molar-refractivity contribution in [3.63, 3.8) is 0 Å². The molecule has 0 saturated heterocycles. The summed E-state index contributed by atoms with van der Waals surface area (Å²) in [5, 5.41) is 0. The van der Waals surface area contributed by atoms with E-state index in [0.717, 1.165) is 12.8 Å². The van der Waals surface area contributed by atoms with Crippen LogP contribution in [-0.4, -0.2) is 11.6 Å². The first-order chi connectivity index (χ1) is 6.84. The summed E-state index contributed by atoms with van der Waals surface area (Å²) in [6, 6.07) is 0. The minimum atomic E-state index is 0.132. The van der Waals surface area contributed by atoms with Crippen LogP contribution in [-0.2, 0) is 9.59 Å². The molecule has 0 spiro atoms. The van der Waals surface area contributed by atoms with Gasteiger partial charge >= 0.3 is 0 Å². The highest BCUT2D eigenvalue weighted by Gasteiger charge is 2.40. The zero-order valence-electron chi connectivity index (χ0n) is 10.3. The molecule has 86 valence electrons. The summed E-state index contributed by atoms with van der Waals surface area (Å²) in [7, 11) is 0. The Kier molecular flexibility index (Phi) is 3.69. The van der Waals surface area contributed by atoms with Crippen molar-refractivity contribution in [2.45, 2.75) is 53.4 Å². The van der Waals surface area contributed by atoms with Gasteiger partial charge in [-0.05, 0) is 31.1 Å². The Morgan fingerprint density at radius 3 is 2.60 bits per heavy atom. The van der Waals surface area contributed by atoms with Gasteiger partial charge in [0.25, 0.3) is 0 Å². The Balaban J connectivity index is 2.70. The van der Waals surface area contributed by atoms with E-state index >= 15 is 0 Å². The number of Topliss-reactive ketones (excluding diaryl/α,β-unsaturated/α-hetero) is 2. The molecule has 0 aromatic rings. The number of hydrogen-bond donors (Lipinski definition) is 0. The van der Waals surface area contributed by atoms with Crippen molar-refractivity contribution in [1.29, 1.82) is 0 Å². The fourth-order valence-electron chi connectivity index (χ4n) is 2.76. The zero-order chi connectivity index (χ0) is 11.6. The fraction of sp³-hybridized carbons (Fsp3) is 0.846. The van der Waals surface area contributed by atoms with E-state index in [4.69, 9.17) is 0 Å². The minimum absolute atomic E-state index is 0.132. The molecule has 0 heterocycles. The standard InChI is InChI=1S/C13H22O2/c1-9(14)5-6-11-10(2)12(15)7-8-13(11,3)4/h10-11H,5-8H2,1-4H3. The summed E-state index contributed by atoms with van der Waals surface area (Å²) in [6.45, 7) is 8.10. The maximum absolute atomic E-state index is 11.7. The second-order valence-electron chi connectivity index (χ2n) is 5.59. The molecule has 2 heteroatoms. The second kappa shape index (κ2) is 4.46. The Morgan fingerprint density at radius 1 is 1.47 bits per heavy atom. The molecule has 2 atom stereocenters. The van der Waals surface area contributed by atoms with Crippen molar-refractivity contribution in [3.8, 4) is 0 Å². The van der Waals surface area contributed by atoms with Crippen LogP contribution in [0, 0.1) is 17.3 Å². The van der Waals surface area contributed by atoms with Crippen LogP contribution in [0.2, 0.25) is 0 Å². The third kappa shape index (κ3) is 2.90. The molecule has 0 radical (unpaired) electrons. The minimum Gasteiger partial charge on any atom is -0.300 e. The van der Waals surface area contributed by atoms with Crippen LogP contribution in [0.5, 0.6) is 0 Å². The lowest BCUT2D eigenvalue weighted by atomic mass is 9.62. The molecule has 0 N–H and O–H groups in total. The first-order valence-electron chi connectivity index (χ1n) is 5.87. The van der Waals surface area contributed by atoms with Crippen LogP contribution in [0.1, 0.15) is 53.4 Å². The van der Waals surface area contributed by atoms with Gasteiger partial charge in [0.05, 0.1) is 0 Å². The molecule has 1 aliphatic rings. The number of ketones is 2. The van der Waals surface area contributed by atoms with Crippen molar-refractivity contribution in [3.05, 3.63) is 0 Å². The highest BCUT2D eigenvalue weighted by Crippen LogP contribution is 2.44. The Labute approximate surface area is 92.4 Å². The third-order valence-electron chi connectivity index (χ3n) is 3.94. The van der Waals surface area contributed by atoms with E-state index in [1.54, 1.807) is 6.92 Å². The SMILES string of the molecule is CC(=O)CCC1C(C)C(=O)CCC1(C)C. The summed E-state index contributed by atoms with van der Waals surface area (Å²) < 4.78 is 0. The summed E-state index contributed by atoms with van der Waals surface area (Å²) in [6.07, 6.45) is 3.17. The van der Waals surface area contributed by atoms with Gasteiger partial charge in [0.2, 0.25) is 0 Å². The molecule has 2 unspecified atom stereocenters. The van der Waals surface area contributed by atoms with Crippen LogP contribution in [0.15, 0.2) is 0 Å². The summed E-state index contributed by atoms with van der Waals surface area (Å²) in [4.78, 5) is 22.7. The Hall–Kier alpha value is -0.660. The largest absolute Gasteiger partial charge is 0.300 e. The average Bonchev–Trinajstić information content (AvgIpc) is 2.11. The van der Waals surface area contributed by atoms with E-state index in [-0.39, 0.29) is 17.1 Å². The predicted octanol–water partition coefficient (Wildman–Crippen LogP) is 3.00. The fourth-order valence-corrected chi connectivity index (χ4v) is 2.76. The molecule has 0 amide bonds. The smallest absolute Gasteiger partial charge is 0.136 e. The lowest BCUT2D eigenvalue weighted by Gasteiger charge is -2.42. The van der Waals surface area contributed by atoms with Crippen molar-refractivity contribution in [1.82, 2.24) is 0 Å². The topological polar surface area (TPSA) is 34.1 Å². The molecular weight excluding hydrogens is 188 g/mol. The molecule has 1 saturated carbocycles. The molecule has 2 nitrogen and oxygen atoms in total. The molecule has 1 fully saturated rings. The van der Waals surface area contributed by atoms with Crippen LogP contribution in [0.25, 0.3) is 0 Å². The summed E-state index contributed by atoms with van der Waals surface area (Å²) in [5.74, 6) is 1.12. The van der Waals surface area contributed by atoms with Gasteiger partial charge < -0.3 is 4.79 Å². The second-order valence-corrected chi connectivity index (χ2v) is 5.59. The molecule has 1 aliphatic carbocycles. The summed E-state index contributed by atoms with van der Waals surface area (Å²) in [5.41, 5.74) is 0.211. The average molecular weight is 210 g/mol. The van der Waals surface area contributed by atoms with Gasteiger partial charge in [-0.15, -0.1) is 0 Å². The summed E-state index contributed by atoms with van der Waals surface area (Å²) >= 11 is 0. The monoisotopic (exact) mass is 210 g/mol. The number of hydrogen-bond acceptors (Lipinski definition) is 2. The zero-order valence-corrected chi connectivity index (χ0v) is 10.3. The predicted molar refractivity (Wildman–Crippen MR) is 60.6 cm³/mol. The first-order valence-corrected chi connectivity index (χ1v) is 5.87. The van der Waals surface area contributed by atoms with Gasteiger partial charge in [-0.1, -0.05) is 20.8 Å². The van der Waals surface area contributed by atoms with Crippen LogP contribution >= 0.6 is 0 Å². The lowest BCUT2D eigenvalue weighted by molar-refractivity contribution is -0.131. The lowest BCUT2D eigenvalue weighted by Crippen LogP contribution is -2.39. The van der Waals surface area contributed by atoms with Gasteiger partial charge in [-0.2, -0.15) is 0 Å². The van der Waals surface area contributed by atoms with E-state index in [9.17, 15) is 9.59 Å². The number of rotatable bonds is 3. The molecular formula is C13H22O2. The quantitative estimate of drug-likeness (QED) is 0.717. The molecule has 0 aliphatic heterocycles. The number of carbonyl (C=O) groups excluding carboxylic acids is 2. The van der Waals surface area contributed by atoms with Gasteiger partial charge in [0.1, 0.15) is 11.6 Å². The third-order valence-corrected chi connectivity index (χ3v) is 3.94. The van der Waals surface area contributed by atoms with E-state index < -0.39 is 0 Å². The molecule has 0 aromatic heterocycles. The van der Waals surface area contributed by atoms with Crippen molar-refractivity contribution in [2.24, 2.45) is 17.3 Å². The highest BCUT2D eigenvalue weighted by molar-refractivity contribution is 5.82. The highest BCUT2D eigenvalue weighted by atomic mass is 16.1. The maximum Gasteiger partial charge on any atom is 0.136 e.